The number of anilines is 2. The predicted octanol–water partition coefficient (Wildman–Crippen LogP) is 13.5. The highest BCUT2D eigenvalue weighted by molar-refractivity contribution is 6.12. The van der Waals surface area contributed by atoms with Crippen LogP contribution in [0.15, 0.2) is 209 Å². The molecule has 0 bridgehead atoms. The first-order chi connectivity index (χ1) is 29.0. The van der Waals surface area contributed by atoms with Gasteiger partial charge in [0, 0.05) is 39.4 Å². The molecule has 0 amide bonds. The number of hydrogen-bond acceptors (Lipinski definition) is 2. The van der Waals surface area contributed by atoms with Gasteiger partial charge in [-0.2, -0.15) is 0 Å². The lowest BCUT2D eigenvalue weighted by molar-refractivity contribution is 0.660. The minimum atomic E-state index is -0.0531. The van der Waals surface area contributed by atoms with Gasteiger partial charge in [-0.1, -0.05) is 172 Å². The molecule has 7 aromatic rings. The van der Waals surface area contributed by atoms with Crippen molar-refractivity contribution in [3.05, 3.63) is 227 Å². The Morgan fingerprint density at radius 2 is 1.31 bits per heavy atom. The van der Waals surface area contributed by atoms with E-state index in [9.17, 15) is 0 Å². The monoisotopic (exact) mass is 760 g/mol. The van der Waals surface area contributed by atoms with E-state index in [-0.39, 0.29) is 11.3 Å². The Kier molecular flexibility index (Phi) is 9.18. The summed E-state index contributed by atoms with van der Waals surface area (Å²) in [6, 6.07) is 60.6. The molecule has 4 heteroatoms. The van der Waals surface area contributed by atoms with Crippen LogP contribution in [0, 0.1) is 0 Å². The molecule has 7 aromatic carbocycles. The number of hydrogen-bond donors (Lipinski definition) is 0. The van der Waals surface area contributed by atoms with Crippen LogP contribution in [0.5, 0.6) is 0 Å². The quantitative estimate of drug-likeness (QED) is 0.118. The van der Waals surface area contributed by atoms with E-state index < -0.39 is 0 Å². The second kappa shape index (κ2) is 15.0. The fourth-order valence-corrected chi connectivity index (χ4v) is 9.23. The summed E-state index contributed by atoms with van der Waals surface area (Å²) in [6.45, 7) is 8.99. The second-order valence-corrected chi connectivity index (χ2v) is 16.0. The van der Waals surface area contributed by atoms with Crippen molar-refractivity contribution in [3.8, 4) is 33.4 Å². The van der Waals surface area contributed by atoms with Gasteiger partial charge in [-0.25, -0.2) is 9.98 Å². The van der Waals surface area contributed by atoms with E-state index in [1.807, 2.05) is 60.7 Å². The van der Waals surface area contributed by atoms with E-state index in [2.05, 4.69) is 158 Å². The Bertz CT molecular complexity index is 2880. The maximum absolute atomic E-state index is 5.11. The summed E-state index contributed by atoms with van der Waals surface area (Å²) in [5, 5.41) is 0. The van der Waals surface area contributed by atoms with Crippen LogP contribution >= 0.6 is 0 Å². The summed E-state index contributed by atoms with van der Waals surface area (Å²) in [6.07, 6.45) is 7.75. The van der Waals surface area contributed by atoms with E-state index in [1.165, 1.54) is 61.5 Å². The number of allylic oxidation sites excluding steroid dienone is 4. The zero-order chi connectivity index (χ0) is 39.9. The summed E-state index contributed by atoms with van der Waals surface area (Å²) >= 11 is 0. The summed E-state index contributed by atoms with van der Waals surface area (Å²) in [5.41, 5.74) is 18.2. The van der Waals surface area contributed by atoms with Crippen molar-refractivity contribution in [1.29, 1.82) is 0 Å². The van der Waals surface area contributed by atoms with Crippen molar-refractivity contribution < 1.29 is 0 Å². The molecule has 4 nitrogen and oxygen atoms in total. The molecule has 0 aromatic heterocycles. The van der Waals surface area contributed by atoms with Gasteiger partial charge < -0.3 is 4.90 Å². The van der Waals surface area contributed by atoms with Gasteiger partial charge in [0.15, 0.2) is 11.7 Å². The molecule has 284 valence electrons. The number of nitrogens with zero attached hydrogens (tertiary/aromatic N) is 4. The number of para-hydroxylation sites is 1. The van der Waals surface area contributed by atoms with E-state index in [0.717, 1.165) is 28.8 Å². The molecule has 1 unspecified atom stereocenters. The van der Waals surface area contributed by atoms with Crippen LogP contribution in [-0.4, -0.2) is 18.4 Å². The summed E-state index contributed by atoms with van der Waals surface area (Å²) in [4.78, 5) is 16.8. The normalized spacial score (nSPS) is 16.2. The molecule has 0 saturated carbocycles. The molecule has 0 saturated heterocycles. The average Bonchev–Trinajstić information content (AvgIpc) is 3.75. The van der Waals surface area contributed by atoms with Gasteiger partial charge in [0.1, 0.15) is 0 Å². The van der Waals surface area contributed by atoms with Crippen LogP contribution in [0.1, 0.15) is 59.6 Å². The first-order valence-electron chi connectivity index (χ1n) is 20.4. The van der Waals surface area contributed by atoms with E-state index >= 15 is 0 Å². The highest BCUT2D eigenvalue weighted by Gasteiger charge is 2.37. The van der Waals surface area contributed by atoms with Crippen molar-refractivity contribution in [1.82, 2.24) is 0 Å². The number of rotatable bonds is 7. The predicted molar refractivity (Wildman–Crippen MR) is 247 cm³/mol. The first kappa shape index (κ1) is 36.2. The van der Waals surface area contributed by atoms with Gasteiger partial charge in [0.05, 0.1) is 12.2 Å². The third-order valence-corrected chi connectivity index (χ3v) is 12.2. The van der Waals surface area contributed by atoms with Crippen molar-refractivity contribution in [3.63, 3.8) is 0 Å². The van der Waals surface area contributed by atoms with E-state index in [1.54, 1.807) is 0 Å². The van der Waals surface area contributed by atoms with Crippen LogP contribution in [0.25, 0.3) is 33.4 Å². The van der Waals surface area contributed by atoms with Gasteiger partial charge in [-0.05, 0) is 93.6 Å². The standard InChI is InChI=1S/C55H44N4/c1-55(2)49-29-12-10-25-45(49)46-32-31-41(35-50(46)55)40-22-15-23-42(34-40)44-27-16-28-48-47-26-11-13-30-51(47)59(52(44)48)43-24-14-17-37(33-43)36-57-54(39-20-8-5-9-21-39)58-53(56-3)38-18-6-4-7-19-38/h4-25,27-35,47H,3,26,36H2,1-2H3. The molecule has 59 heavy (non-hydrogen) atoms. The number of fused-ring (bicyclic) bond motifs is 6. The van der Waals surface area contributed by atoms with E-state index in [4.69, 9.17) is 9.98 Å². The smallest absolute Gasteiger partial charge is 0.161 e. The van der Waals surface area contributed by atoms with Crippen LogP contribution < -0.4 is 4.90 Å². The Morgan fingerprint density at radius 3 is 2.12 bits per heavy atom. The third-order valence-electron chi connectivity index (χ3n) is 12.2. The molecule has 1 atom stereocenters. The molecule has 1 aliphatic heterocycles. The average molecular weight is 761 g/mol. The molecule has 0 radical (unpaired) electrons. The highest BCUT2D eigenvalue weighted by atomic mass is 15.2. The van der Waals surface area contributed by atoms with Crippen LogP contribution in [0.3, 0.4) is 0 Å². The molecule has 10 rings (SSSR count). The first-order valence-corrected chi connectivity index (χ1v) is 20.4. The van der Waals surface area contributed by atoms with Crippen molar-refractivity contribution in [2.24, 2.45) is 15.0 Å². The lowest BCUT2D eigenvalue weighted by Crippen LogP contribution is -2.15. The molecular weight excluding hydrogens is 717 g/mol. The minimum absolute atomic E-state index is 0.0531. The molecule has 0 N–H and O–H groups in total. The largest absolute Gasteiger partial charge is 0.313 e. The van der Waals surface area contributed by atoms with Gasteiger partial charge in [0.2, 0.25) is 0 Å². The molecule has 1 heterocycles. The highest BCUT2D eigenvalue weighted by Crippen LogP contribution is 2.54. The molecule has 3 aliphatic rings. The molecule has 0 fully saturated rings. The maximum Gasteiger partial charge on any atom is 0.161 e. The van der Waals surface area contributed by atoms with Crippen LogP contribution in [0.2, 0.25) is 0 Å². The summed E-state index contributed by atoms with van der Waals surface area (Å²) in [5.74, 6) is 1.44. The van der Waals surface area contributed by atoms with Crippen LogP contribution in [-0.2, 0) is 12.0 Å². The number of aliphatic imine (C=N–C) groups is 3. The van der Waals surface area contributed by atoms with Crippen LogP contribution in [0.4, 0.5) is 11.4 Å². The van der Waals surface area contributed by atoms with E-state index in [0.29, 0.717) is 18.2 Å². The van der Waals surface area contributed by atoms with Gasteiger partial charge >= 0.3 is 0 Å². The molecule has 2 aliphatic carbocycles. The summed E-state index contributed by atoms with van der Waals surface area (Å²) < 4.78 is 0. The Labute approximate surface area is 347 Å². The number of amidine groups is 2. The van der Waals surface area contributed by atoms with Crippen molar-refractivity contribution in [2.45, 2.75) is 38.1 Å². The Morgan fingerprint density at radius 1 is 0.627 bits per heavy atom. The molecule has 0 spiro atoms. The fraction of sp³-hybridized carbons (Fsp3) is 0.109. The second-order valence-electron chi connectivity index (χ2n) is 16.0. The van der Waals surface area contributed by atoms with Gasteiger partial charge in [0.25, 0.3) is 0 Å². The fourth-order valence-electron chi connectivity index (χ4n) is 9.23. The van der Waals surface area contributed by atoms with Gasteiger partial charge in [-0.15, -0.1) is 0 Å². The molecular formula is C55H44N4. The third kappa shape index (κ3) is 6.47. The van der Waals surface area contributed by atoms with Crippen molar-refractivity contribution in [2.75, 3.05) is 4.90 Å². The van der Waals surface area contributed by atoms with Crippen molar-refractivity contribution >= 4 is 29.8 Å². The minimum Gasteiger partial charge on any atom is -0.313 e. The SMILES string of the molecule is C=NC(=NC(=NCc1cccc(N2C3=CC=CCC3c3cccc(-c4cccc(-c5ccc6c(c5)C(C)(C)c5ccccc5-6)c4)c32)c1)c1ccccc1)c1ccccc1. The lowest BCUT2D eigenvalue weighted by atomic mass is 9.81. The number of benzene rings is 7. The summed E-state index contributed by atoms with van der Waals surface area (Å²) in [7, 11) is 0. The zero-order valence-corrected chi connectivity index (χ0v) is 33.4. The Hall–Kier alpha value is -7.17. The Balaban J connectivity index is 1.02. The zero-order valence-electron chi connectivity index (χ0n) is 33.4. The topological polar surface area (TPSA) is 40.3 Å². The van der Waals surface area contributed by atoms with Gasteiger partial charge in [-0.3, -0.25) is 4.99 Å². The maximum atomic E-state index is 5.11. The lowest BCUT2D eigenvalue weighted by Gasteiger charge is -2.26.